The van der Waals surface area contributed by atoms with E-state index in [1.54, 1.807) is 0 Å². The van der Waals surface area contributed by atoms with Crippen LogP contribution in [-0.2, 0) is 0 Å². The summed E-state index contributed by atoms with van der Waals surface area (Å²) >= 11 is 6.83. The van der Waals surface area contributed by atoms with E-state index in [2.05, 4.69) is 54.0 Å². The summed E-state index contributed by atoms with van der Waals surface area (Å²) < 4.78 is 0.111. The van der Waals surface area contributed by atoms with Crippen LogP contribution in [0.25, 0.3) is 0 Å². The molecule has 0 aliphatic heterocycles. The Kier molecular flexibility index (Phi) is 3.06. The van der Waals surface area contributed by atoms with Crippen LogP contribution in [0.2, 0.25) is 0 Å². The van der Waals surface area contributed by atoms with Crippen molar-refractivity contribution in [3.8, 4) is 0 Å². The lowest BCUT2D eigenvalue weighted by Gasteiger charge is -2.14. The van der Waals surface area contributed by atoms with Crippen LogP contribution in [0.3, 0.4) is 0 Å². The Bertz CT molecular complexity index is 66.6. The molecule has 0 aromatic carbocycles. The molecule has 1 nitrogen and oxygen atoms in total. The van der Waals surface area contributed by atoms with E-state index in [9.17, 15) is 0 Å². The highest BCUT2D eigenvalue weighted by atomic mass is 127. The minimum absolute atomic E-state index is 0.111. The van der Waals surface area contributed by atoms with Gasteiger partial charge in [0.15, 0.2) is 0 Å². The summed E-state index contributed by atoms with van der Waals surface area (Å²) in [5, 5.41) is 2.96. The fraction of sp³-hybridized carbons (Fsp3) is 0.750. The van der Waals surface area contributed by atoms with E-state index in [0.29, 0.717) is 0 Å². The van der Waals surface area contributed by atoms with Crippen LogP contribution < -0.4 is 5.32 Å². The number of rotatable bonds is 2. The van der Waals surface area contributed by atoms with Crippen LogP contribution >= 0.6 is 34.8 Å². The Labute approximate surface area is 63.0 Å². The highest BCUT2D eigenvalue weighted by Crippen LogP contribution is 2.09. The van der Waals surface area contributed by atoms with Crippen molar-refractivity contribution in [1.82, 2.24) is 5.32 Å². The van der Waals surface area contributed by atoms with Gasteiger partial charge in [-0.3, -0.25) is 0 Å². The summed E-state index contributed by atoms with van der Waals surface area (Å²) in [6, 6.07) is 0. The van der Waals surface area contributed by atoms with E-state index in [-0.39, 0.29) is 3.55 Å². The van der Waals surface area contributed by atoms with Crippen molar-refractivity contribution >= 4 is 40.3 Å². The van der Waals surface area contributed by atoms with Gasteiger partial charge in [-0.2, -0.15) is 0 Å². The Morgan fingerprint density at radius 3 is 2.14 bits per heavy atom. The number of hydrogen-bond donors (Lipinski definition) is 1. The second-order valence-corrected chi connectivity index (χ2v) is 4.67. The van der Waals surface area contributed by atoms with Gasteiger partial charge in [0.2, 0.25) is 0 Å². The quantitative estimate of drug-likeness (QED) is 0.335. The minimum atomic E-state index is 0.111. The zero-order chi connectivity index (χ0) is 5.91. The highest BCUT2D eigenvalue weighted by molar-refractivity contribution is 14.1. The third-order valence-electron chi connectivity index (χ3n) is 0.402. The van der Waals surface area contributed by atoms with Gasteiger partial charge >= 0.3 is 0 Å². The summed E-state index contributed by atoms with van der Waals surface area (Å²) in [4.78, 5) is 0. The maximum atomic E-state index is 4.56. The smallest absolute Gasteiger partial charge is 0.0836 e. The molecule has 0 saturated heterocycles. The van der Waals surface area contributed by atoms with E-state index in [1.807, 2.05) is 0 Å². The van der Waals surface area contributed by atoms with Crippen molar-refractivity contribution in [2.24, 2.45) is 0 Å². The molecule has 42 valence electrons. The molecule has 3 heteroatoms. The first-order chi connectivity index (χ1) is 3.06. The molecule has 0 aromatic heterocycles. The molecule has 0 unspecified atom stereocenters. The van der Waals surface area contributed by atoms with Crippen LogP contribution in [0.4, 0.5) is 0 Å². The first-order valence-electron chi connectivity index (χ1n) is 1.96. The Balaban J connectivity index is 3.34. The van der Waals surface area contributed by atoms with Crippen LogP contribution in [0.15, 0.2) is 0 Å². The zero-order valence-corrected chi connectivity index (χ0v) is 7.34. The van der Waals surface area contributed by atoms with Gasteiger partial charge in [-0.25, -0.2) is 0 Å². The van der Waals surface area contributed by atoms with Gasteiger partial charge in [0.25, 0.3) is 0 Å². The van der Waals surface area contributed by atoms with Crippen LogP contribution in [0.5, 0.6) is 0 Å². The topological polar surface area (TPSA) is 12.0 Å². The molecule has 7 heavy (non-hydrogen) atoms. The van der Waals surface area contributed by atoms with Gasteiger partial charge in [0, 0.05) is 0 Å². The third kappa shape index (κ3) is 6.62. The van der Waals surface area contributed by atoms with E-state index < -0.39 is 0 Å². The number of halogens is 1. The molecule has 0 fully saturated rings. The number of alkyl halides is 1. The lowest BCUT2D eigenvalue weighted by Crippen LogP contribution is -2.29. The molecule has 0 aromatic rings. The number of hydrogen-bond acceptors (Lipinski definition) is 1. The molecule has 0 amide bonds. The molecule has 0 aliphatic carbocycles. The Morgan fingerprint density at radius 2 is 2.14 bits per heavy atom. The van der Waals surface area contributed by atoms with Crippen molar-refractivity contribution in [2.45, 2.75) is 17.4 Å². The normalized spacial score (nSPS) is 10.7. The second-order valence-electron chi connectivity index (χ2n) is 1.73. The molecule has 0 aliphatic rings. The summed E-state index contributed by atoms with van der Waals surface area (Å²) in [7, 11) is 0. The van der Waals surface area contributed by atoms with Gasteiger partial charge in [0.1, 0.15) is 0 Å². The van der Waals surface area contributed by atoms with E-state index in [0.717, 1.165) is 0 Å². The molecular weight excluding hydrogens is 221 g/mol. The van der Waals surface area contributed by atoms with Crippen molar-refractivity contribution in [3.05, 3.63) is 0 Å². The highest BCUT2D eigenvalue weighted by Gasteiger charge is 2.06. The van der Waals surface area contributed by atoms with E-state index in [4.69, 9.17) is 0 Å². The second kappa shape index (κ2) is 2.81. The lowest BCUT2D eigenvalue weighted by molar-refractivity contribution is 0.718. The molecule has 1 N–H and O–H groups in total. The molecule has 0 radical (unpaired) electrons. The molecule has 0 bridgehead atoms. The van der Waals surface area contributed by atoms with Crippen molar-refractivity contribution in [1.29, 1.82) is 0 Å². The zero-order valence-electron chi connectivity index (χ0n) is 4.36. The monoisotopic (exact) mass is 229 g/mol. The maximum Gasteiger partial charge on any atom is 0.0836 e. The molecule has 0 atom stereocenters. The molecule has 0 saturated carbocycles. The summed E-state index contributed by atoms with van der Waals surface area (Å²) in [6.45, 7) is 4.10. The average molecular weight is 229 g/mol. The molecule has 0 heterocycles. The van der Waals surface area contributed by atoms with Crippen molar-refractivity contribution in [2.75, 3.05) is 0 Å². The fourth-order valence-electron chi connectivity index (χ4n) is 0.140. The molecule has 0 spiro atoms. The molecular formula is C4H8INS. The van der Waals surface area contributed by atoms with Gasteiger partial charge in [0.05, 0.1) is 9.04 Å². The van der Waals surface area contributed by atoms with Crippen LogP contribution in [0, 0.1) is 0 Å². The minimum Gasteiger partial charge on any atom is -0.369 e. The summed E-state index contributed by atoms with van der Waals surface area (Å²) in [5.74, 6) is 0. The Hall–Kier alpha value is 0.620. The SMILES string of the molecule is CC(C)(I)NC=S. The Morgan fingerprint density at radius 1 is 1.71 bits per heavy atom. The average Bonchev–Trinajstić information content (AvgIpc) is 1.30. The predicted octanol–water partition coefficient (Wildman–Crippen LogP) is 1.70. The fourth-order valence-corrected chi connectivity index (χ4v) is 0.802. The van der Waals surface area contributed by atoms with Gasteiger partial charge in [-0.05, 0) is 13.8 Å². The maximum absolute atomic E-state index is 4.56. The summed E-state index contributed by atoms with van der Waals surface area (Å²) in [5.41, 5.74) is 1.53. The van der Waals surface area contributed by atoms with E-state index in [1.165, 1.54) is 5.49 Å². The lowest BCUT2D eigenvalue weighted by atomic mass is 10.4. The van der Waals surface area contributed by atoms with Crippen LogP contribution in [-0.4, -0.2) is 9.04 Å². The largest absolute Gasteiger partial charge is 0.369 e. The van der Waals surface area contributed by atoms with Gasteiger partial charge in [-0.15, -0.1) is 0 Å². The van der Waals surface area contributed by atoms with Crippen LogP contribution in [0.1, 0.15) is 13.8 Å². The summed E-state index contributed by atoms with van der Waals surface area (Å²) in [6.07, 6.45) is 0. The third-order valence-corrected chi connectivity index (χ3v) is 0.831. The first-order valence-corrected chi connectivity index (χ1v) is 3.51. The van der Waals surface area contributed by atoms with Gasteiger partial charge in [-0.1, -0.05) is 34.8 Å². The predicted molar refractivity (Wildman–Crippen MR) is 44.9 cm³/mol. The van der Waals surface area contributed by atoms with Gasteiger partial charge < -0.3 is 5.32 Å². The van der Waals surface area contributed by atoms with Crippen molar-refractivity contribution < 1.29 is 0 Å². The van der Waals surface area contributed by atoms with E-state index >= 15 is 0 Å². The first kappa shape index (κ1) is 7.62. The number of thiocarbonyl (C=S) groups is 1. The standard InChI is InChI=1S/C4H8INS/c1-4(2,5)6-3-7/h3H,1-2H3,(H,6,7). The molecule has 0 rings (SSSR count). The van der Waals surface area contributed by atoms with Crippen molar-refractivity contribution in [3.63, 3.8) is 0 Å². The number of nitrogens with one attached hydrogen (secondary N) is 1.